The summed E-state index contributed by atoms with van der Waals surface area (Å²) >= 11 is 0. The van der Waals surface area contributed by atoms with Gasteiger partial charge >= 0.3 is 0 Å². The highest BCUT2D eigenvalue weighted by Crippen LogP contribution is 2.19. The summed E-state index contributed by atoms with van der Waals surface area (Å²) in [4.78, 5) is 21.1. The number of carbonyl (C=O) groups excluding carboxylic acids is 1. The van der Waals surface area contributed by atoms with Crippen LogP contribution in [0.1, 0.15) is 23.7 Å². The maximum Gasteiger partial charge on any atom is 0.257 e. The van der Waals surface area contributed by atoms with E-state index in [9.17, 15) is 4.79 Å². The number of amides is 1. The van der Waals surface area contributed by atoms with E-state index in [-0.39, 0.29) is 11.9 Å². The molecule has 1 aromatic heterocycles. The van der Waals surface area contributed by atoms with Crippen molar-refractivity contribution < 1.29 is 4.79 Å². The minimum Gasteiger partial charge on any atom is -0.368 e. The van der Waals surface area contributed by atoms with Gasteiger partial charge < -0.3 is 10.6 Å². The predicted octanol–water partition coefficient (Wildman–Crippen LogP) is 0.293. The molecule has 2 heterocycles. The maximum absolute atomic E-state index is 11.8. The fraction of sp³-hybridized carbons (Fsp3) is 0.444. The number of hydrogen-bond donors (Lipinski definition) is 1. The molecular formula is C9H12N4O. The molecule has 1 amide bonds. The van der Waals surface area contributed by atoms with E-state index in [4.69, 9.17) is 5.73 Å². The van der Waals surface area contributed by atoms with E-state index < -0.39 is 0 Å². The Labute approximate surface area is 82.0 Å². The van der Waals surface area contributed by atoms with E-state index in [2.05, 4.69) is 9.97 Å². The standard InChI is InChI=1S/C9H12N4O/c1-6-2-3-13(6)8(14)7-4-11-9(10)12-5-7/h4-6H,2-3H2,1H3,(H2,10,11,12). The van der Waals surface area contributed by atoms with Crippen LogP contribution in [0.15, 0.2) is 12.4 Å². The minimum absolute atomic E-state index is 0.0104. The molecule has 0 aromatic carbocycles. The zero-order valence-corrected chi connectivity index (χ0v) is 7.97. The molecule has 1 aliphatic heterocycles. The van der Waals surface area contributed by atoms with E-state index in [0.29, 0.717) is 11.6 Å². The molecule has 0 spiro atoms. The van der Waals surface area contributed by atoms with Gasteiger partial charge in [-0.15, -0.1) is 0 Å². The number of carbonyl (C=O) groups is 1. The highest BCUT2D eigenvalue weighted by atomic mass is 16.2. The van der Waals surface area contributed by atoms with Crippen molar-refractivity contribution in [1.82, 2.24) is 14.9 Å². The van der Waals surface area contributed by atoms with Crippen LogP contribution < -0.4 is 5.73 Å². The van der Waals surface area contributed by atoms with Crippen molar-refractivity contribution in [3.8, 4) is 0 Å². The molecule has 1 unspecified atom stereocenters. The second kappa shape index (κ2) is 3.25. The predicted molar refractivity (Wildman–Crippen MR) is 51.6 cm³/mol. The SMILES string of the molecule is CC1CCN1C(=O)c1cnc(N)nc1. The zero-order chi connectivity index (χ0) is 10.1. The molecule has 5 heteroatoms. The smallest absolute Gasteiger partial charge is 0.257 e. The van der Waals surface area contributed by atoms with Crippen molar-refractivity contribution in [1.29, 1.82) is 0 Å². The third-order valence-corrected chi connectivity index (χ3v) is 2.50. The summed E-state index contributed by atoms with van der Waals surface area (Å²) in [6.07, 6.45) is 4.01. The third kappa shape index (κ3) is 1.41. The van der Waals surface area contributed by atoms with Gasteiger partial charge in [-0.05, 0) is 13.3 Å². The first-order valence-corrected chi connectivity index (χ1v) is 4.57. The Bertz CT molecular complexity index is 348. The number of anilines is 1. The summed E-state index contributed by atoms with van der Waals surface area (Å²) in [5, 5.41) is 0. The number of likely N-dealkylation sites (tertiary alicyclic amines) is 1. The highest BCUT2D eigenvalue weighted by molar-refractivity contribution is 5.94. The third-order valence-electron chi connectivity index (χ3n) is 2.50. The molecule has 1 fully saturated rings. The lowest BCUT2D eigenvalue weighted by Gasteiger charge is -2.38. The van der Waals surface area contributed by atoms with Crippen LogP contribution in [0.4, 0.5) is 5.95 Å². The lowest BCUT2D eigenvalue weighted by molar-refractivity contribution is 0.0501. The van der Waals surface area contributed by atoms with Crippen molar-refractivity contribution >= 4 is 11.9 Å². The first-order chi connectivity index (χ1) is 6.68. The van der Waals surface area contributed by atoms with Crippen LogP contribution in [0.3, 0.4) is 0 Å². The first-order valence-electron chi connectivity index (χ1n) is 4.57. The van der Waals surface area contributed by atoms with Gasteiger partial charge in [0.25, 0.3) is 5.91 Å². The fourth-order valence-electron chi connectivity index (χ4n) is 1.43. The van der Waals surface area contributed by atoms with Crippen LogP contribution in [0, 0.1) is 0 Å². The second-order valence-corrected chi connectivity index (χ2v) is 3.47. The molecule has 0 bridgehead atoms. The highest BCUT2D eigenvalue weighted by Gasteiger charge is 2.29. The zero-order valence-electron chi connectivity index (χ0n) is 7.97. The van der Waals surface area contributed by atoms with Gasteiger partial charge in [0.05, 0.1) is 5.56 Å². The van der Waals surface area contributed by atoms with Crippen LogP contribution in [0.25, 0.3) is 0 Å². The molecule has 14 heavy (non-hydrogen) atoms. The summed E-state index contributed by atoms with van der Waals surface area (Å²) in [5.74, 6) is 0.182. The number of nitrogens with zero attached hydrogens (tertiary/aromatic N) is 3. The largest absolute Gasteiger partial charge is 0.368 e. The van der Waals surface area contributed by atoms with E-state index in [1.165, 1.54) is 12.4 Å². The van der Waals surface area contributed by atoms with Gasteiger partial charge in [0.15, 0.2) is 0 Å². The van der Waals surface area contributed by atoms with Gasteiger partial charge in [-0.3, -0.25) is 4.79 Å². The van der Waals surface area contributed by atoms with E-state index in [1.807, 2.05) is 6.92 Å². The quantitative estimate of drug-likeness (QED) is 0.694. The minimum atomic E-state index is -0.0104. The van der Waals surface area contributed by atoms with Crippen molar-refractivity contribution in [3.05, 3.63) is 18.0 Å². The number of nitrogens with two attached hydrogens (primary N) is 1. The van der Waals surface area contributed by atoms with Crippen molar-refractivity contribution in [2.75, 3.05) is 12.3 Å². The molecule has 5 nitrogen and oxygen atoms in total. The van der Waals surface area contributed by atoms with Gasteiger partial charge in [0.2, 0.25) is 5.95 Å². The normalized spacial score (nSPS) is 20.4. The number of rotatable bonds is 1. The number of nitrogen functional groups attached to an aromatic ring is 1. The van der Waals surface area contributed by atoms with E-state index in [0.717, 1.165) is 13.0 Å². The second-order valence-electron chi connectivity index (χ2n) is 3.47. The van der Waals surface area contributed by atoms with Crippen LogP contribution in [0.5, 0.6) is 0 Å². The van der Waals surface area contributed by atoms with Gasteiger partial charge in [-0.25, -0.2) is 9.97 Å². The first kappa shape index (κ1) is 8.93. The van der Waals surface area contributed by atoms with Crippen LogP contribution in [-0.2, 0) is 0 Å². The van der Waals surface area contributed by atoms with E-state index in [1.54, 1.807) is 4.90 Å². The number of hydrogen-bond acceptors (Lipinski definition) is 4. The lowest BCUT2D eigenvalue weighted by atomic mass is 10.0. The molecular weight excluding hydrogens is 180 g/mol. The van der Waals surface area contributed by atoms with Gasteiger partial charge in [-0.2, -0.15) is 0 Å². The molecule has 0 saturated carbocycles. The molecule has 74 valence electrons. The fourth-order valence-corrected chi connectivity index (χ4v) is 1.43. The summed E-state index contributed by atoms with van der Waals surface area (Å²) in [6, 6.07) is 0.333. The Balaban J connectivity index is 2.15. The average molecular weight is 192 g/mol. The van der Waals surface area contributed by atoms with Crippen LogP contribution >= 0.6 is 0 Å². The summed E-state index contributed by atoms with van der Waals surface area (Å²) in [6.45, 7) is 2.85. The molecule has 1 aliphatic rings. The average Bonchev–Trinajstić information content (AvgIpc) is 2.16. The number of aromatic nitrogens is 2. The Morgan fingerprint density at radius 3 is 2.64 bits per heavy atom. The molecule has 1 aromatic rings. The van der Waals surface area contributed by atoms with Gasteiger partial charge in [0.1, 0.15) is 0 Å². The maximum atomic E-state index is 11.8. The Hall–Kier alpha value is -1.65. The van der Waals surface area contributed by atoms with Crippen LogP contribution in [0.2, 0.25) is 0 Å². The van der Waals surface area contributed by atoms with Gasteiger partial charge in [0, 0.05) is 25.0 Å². The van der Waals surface area contributed by atoms with Crippen molar-refractivity contribution in [3.63, 3.8) is 0 Å². The summed E-state index contributed by atoms with van der Waals surface area (Å²) in [7, 11) is 0. The van der Waals surface area contributed by atoms with Crippen molar-refractivity contribution in [2.24, 2.45) is 0 Å². The Kier molecular flexibility index (Phi) is 2.07. The van der Waals surface area contributed by atoms with Crippen molar-refractivity contribution in [2.45, 2.75) is 19.4 Å². The molecule has 1 saturated heterocycles. The Morgan fingerprint density at radius 1 is 1.57 bits per heavy atom. The summed E-state index contributed by atoms with van der Waals surface area (Å²) < 4.78 is 0. The summed E-state index contributed by atoms with van der Waals surface area (Å²) in [5.41, 5.74) is 5.83. The van der Waals surface area contributed by atoms with E-state index >= 15 is 0 Å². The molecule has 1 atom stereocenters. The monoisotopic (exact) mass is 192 g/mol. The Morgan fingerprint density at radius 2 is 2.21 bits per heavy atom. The van der Waals surface area contributed by atoms with Crippen LogP contribution in [-0.4, -0.2) is 33.4 Å². The molecule has 2 rings (SSSR count). The molecule has 2 N–H and O–H groups in total. The lowest BCUT2D eigenvalue weighted by Crippen LogP contribution is -2.49. The molecule has 0 aliphatic carbocycles. The van der Waals surface area contributed by atoms with Gasteiger partial charge in [-0.1, -0.05) is 0 Å². The topological polar surface area (TPSA) is 72.1 Å². The molecule has 0 radical (unpaired) electrons.